The molecule has 4 aliphatic rings. The molecule has 0 N–H and O–H groups in total. The average molecular weight is 429 g/mol. The summed E-state index contributed by atoms with van der Waals surface area (Å²) in [5, 5.41) is 1.81. The summed E-state index contributed by atoms with van der Waals surface area (Å²) in [7, 11) is 0. The molecule has 1 aliphatic heterocycles. The van der Waals surface area contributed by atoms with Crippen molar-refractivity contribution in [1.29, 1.82) is 0 Å². The molecule has 31 heavy (non-hydrogen) atoms. The van der Waals surface area contributed by atoms with Gasteiger partial charge in [-0.3, -0.25) is 14.5 Å². The highest BCUT2D eigenvalue weighted by Crippen LogP contribution is 2.60. The van der Waals surface area contributed by atoms with Crippen molar-refractivity contribution in [1.82, 2.24) is 4.90 Å². The monoisotopic (exact) mass is 429 g/mol. The minimum absolute atomic E-state index is 0.00286. The lowest BCUT2D eigenvalue weighted by molar-refractivity contribution is -0.140. The van der Waals surface area contributed by atoms with E-state index < -0.39 is 17.8 Å². The minimum Gasteiger partial charge on any atom is -0.460 e. The molecule has 6 heteroatoms. The van der Waals surface area contributed by atoms with Crippen LogP contribution in [-0.4, -0.2) is 35.8 Å². The van der Waals surface area contributed by atoms with Gasteiger partial charge in [0.05, 0.1) is 18.4 Å². The fourth-order valence-corrected chi connectivity index (χ4v) is 6.27. The van der Waals surface area contributed by atoms with Crippen molar-refractivity contribution < 1.29 is 19.1 Å². The lowest BCUT2D eigenvalue weighted by atomic mass is 9.55. The second-order valence-corrected chi connectivity index (χ2v) is 9.15. The van der Waals surface area contributed by atoms with Crippen molar-refractivity contribution in [2.75, 3.05) is 13.2 Å². The molecule has 3 aromatic rings. The summed E-state index contributed by atoms with van der Waals surface area (Å²) < 4.78 is 5.32. The van der Waals surface area contributed by atoms with Gasteiger partial charge in [-0.25, -0.2) is 4.79 Å². The van der Waals surface area contributed by atoms with Crippen LogP contribution in [0, 0.1) is 11.8 Å². The molecule has 7 rings (SSSR count). The number of hydrogen-bond acceptors (Lipinski definition) is 5. The van der Waals surface area contributed by atoms with E-state index in [1.54, 1.807) is 17.5 Å². The van der Waals surface area contributed by atoms with E-state index in [-0.39, 0.29) is 36.8 Å². The van der Waals surface area contributed by atoms with Crippen molar-refractivity contribution in [2.45, 2.75) is 11.8 Å². The molecule has 0 radical (unpaired) electrons. The number of carbonyl (C=O) groups excluding carboxylic acids is 3. The van der Waals surface area contributed by atoms with Gasteiger partial charge in [0, 0.05) is 11.8 Å². The van der Waals surface area contributed by atoms with Gasteiger partial charge >= 0.3 is 5.97 Å². The molecule has 1 fully saturated rings. The highest BCUT2D eigenvalue weighted by molar-refractivity contribution is 7.11. The Kier molecular flexibility index (Phi) is 4.11. The molecule has 2 atom stereocenters. The topological polar surface area (TPSA) is 63.7 Å². The van der Waals surface area contributed by atoms with E-state index in [1.807, 2.05) is 24.3 Å². The van der Waals surface area contributed by atoms with Crippen LogP contribution in [0.25, 0.3) is 0 Å². The number of carbonyl (C=O) groups is 3. The maximum atomic E-state index is 13.4. The molecule has 2 aromatic carbocycles. The van der Waals surface area contributed by atoms with Crippen molar-refractivity contribution in [3.63, 3.8) is 0 Å². The Balaban J connectivity index is 1.31. The molecular formula is C25H19NO4S. The number of amides is 2. The lowest BCUT2D eigenvalue weighted by Gasteiger charge is -2.45. The van der Waals surface area contributed by atoms with Crippen molar-refractivity contribution in [3.8, 4) is 0 Å². The predicted octanol–water partition coefficient (Wildman–Crippen LogP) is 3.80. The van der Waals surface area contributed by atoms with Crippen LogP contribution < -0.4 is 0 Å². The molecule has 2 amide bonds. The summed E-state index contributed by atoms with van der Waals surface area (Å²) in [4.78, 5) is 40.8. The summed E-state index contributed by atoms with van der Waals surface area (Å²) in [6.45, 7) is 0.0940. The number of nitrogens with zero attached hydrogens (tertiary/aromatic N) is 1. The summed E-state index contributed by atoms with van der Waals surface area (Å²) in [6.07, 6.45) is 0. The van der Waals surface area contributed by atoms with E-state index >= 15 is 0 Å². The molecule has 0 saturated carbocycles. The van der Waals surface area contributed by atoms with Crippen LogP contribution in [0.3, 0.4) is 0 Å². The van der Waals surface area contributed by atoms with Crippen LogP contribution in [0.5, 0.6) is 0 Å². The zero-order valence-electron chi connectivity index (χ0n) is 16.6. The number of imide groups is 1. The summed E-state index contributed by atoms with van der Waals surface area (Å²) in [6, 6.07) is 19.8. The molecular weight excluding hydrogens is 410 g/mol. The van der Waals surface area contributed by atoms with E-state index in [4.69, 9.17) is 4.74 Å². The molecule has 2 bridgehead atoms. The first-order valence-corrected chi connectivity index (χ1v) is 11.3. The summed E-state index contributed by atoms with van der Waals surface area (Å²) in [5.74, 6) is -1.74. The third kappa shape index (κ3) is 2.58. The molecule has 154 valence electrons. The Morgan fingerprint density at radius 3 is 1.77 bits per heavy atom. The maximum absolute atomic E-state index is 13.4. The first-order chi connectivity index (χ1) is 15.2. The largest absolute Gasteiger partial charge is 0.460 e. The van der Waals surface area contributed by atoms with E-state index in [2.05, 4.69) is 24.3 Å². The molecule has 3 aliphatic carbocycles. The van der Waals surface area contributed by atoms with Crippen LogP contribution in [0.4, 0.5) is 0 Å². The predicted molar refractivity (Wildman–Crippen MR) is 115 cm³/mol. The van der Waals surface area contributed by atoms with Gasteiger partial charge in [-0.2, -0.15) is 0 Å². The van der Waals surface area contributed by atoms with Gasteiger partial charge in [-0.15, -0.1) is 11.3 Å². The summed E-state index contributed by atoms with van der Waals surface area (Å²) in [5.41, 5.74) is 4.61. The second-order valence-electron chi connectivity index (χ2n) is 8.21. The van der Waals surface area contributed by atoms with E-state index in [0.717, 1.165) is 22.3 Å². The Morgan fingerprint density at radius 2 is 1.32 bits per heavy atom. The van der Waals surface area contributed by atoms with Gasteiger partial charge in [0.2, 0.25) is 11.8 Å². The first kappa shape index (κ1) is 18.5. The SMILES string of the molecule is O=C(OCCN1C(=O)[C@@H]2C3c4ccccc4C(c4ccccc43)[C@@H]2C1=O)c1cccs1. The molecule has 0 spiro atoms. The van der Waals surface area contributed by atoms with Gasteiger partial charge in [0.15, 0.2) is 0 Å². The van der Waals surface area contributed by atoms with Crippen molar-refractivity contribution in [2.24, 2.45) is 11.8 Å². The molecule has 1 aromatic heterocycles. The fraction of sp³-hybridized carbons (Fsp3) is 0.240. The fourth-order valence-electron chi connectivity index (χ4n) is 5.65. The Labute approximate surface area is 183 Å². The lowest BCUT2D eigenvalue weighted by Crippen LogP contribution is -2.41. The van der Waals surface area contributed by atoms with Gasteiger partial charge in [-0.1, -0.05) is 54.6 Å². The maximum Gasteiger partial charge on any atom is 0.348 e. The number of rotatable bonds is 4. The van der Waals surface area contributed by atoms with Crippen molar-refractivity contribution >= 4 is 29.1 Å². The quantitative estimate of drug-likeness (QED) is 0.468. The van der Waals surface area contributed by atoms with Gasteiger partial charge < -0.3 is 4.74 Å². The molecule has 5 nitrogen and oxygen atoms in total. The van der Waals surface area contributed by atoms with Crippen LogP contribution in [0.15, 0.2) is 66.0 Å². The second kappa shape index (κ2) is 6.89. The number of hydrogen-bond donors (Lipinski definition) is 0. The zero-order chi connectivity index (χ0) is 21.1. The van der Waals surface area contributed by atoms with Gasteiger partial charge in [0.25, 0.3) is 0 Å². The molecule has 2 heterocycles. The smallest absolute Gasteiger partial charge is 0.348 e. The van der Waals surface area contributed by atoms with E-state index in [1.165, 1.54) is 16.2 Å². The standard InChI is InChI=1S/C25H19NO4S/c27-23-21-19-14-6-1-2-7-15(14)20(17-9-4-3-8-16(17)19)22(21)24(28)26(23)11-12-30-25(29)18-10-5-13-31-18/h1-10,13,19-22H,11-12H2/t19?,20?,21-,22+. The van der Waals surface area contributed by atoms with Crippen LogP contribution in [0.1, 0.15) is 43.8 Å². The first-order valence-electron chi connectivity index (χ1n) is 10.4. The summed E-state index contributed by atoms with van der Waals surface area (Å²) >= 11 is 1.30. The molecule has 1 saturated heterocycles. The minimum atomic E-state index is -0.425. The van der Waals surface area contributed by atoms with Crippen LogP contribution in [-0.2, 0) is 14.3 Å². The number of esters is 1. The molecule has 0 unspecified atom stereocenters. The highest BCUT2D eigenvalue weighted by Gasteiger charge is 2.61. The normalized spacial score (nSPS) is 25.2. The highest BCUT2D eigenvalue weighted by atomic mass is 32.1. The number of thiophene rings is 1. The van der Waals surface area contributed by atoms with E-state index in [9.17, 15) is 14.4 Å². The number of likely N-dealkylation sites (tertiary alicyclic amines) is 1. The number of ether oxygens (including phenoxy) is 1. The Morgan fingerprint density at radius 1 is 0.806 bits per heavy atom. The van der Waals surface area contributed by atoms with E-state index in [0.29, 0.717) is 4.88 Å². The third-order valence-electron chi connectivity index (χ3n) is 6.81. The van der Waals surface area contributed by atoms with Gasteiger partial charge in [0.1, 0.15) is 11.5 Å². The van der Waals surface area contributed by atoms with Crippen molar-refractivity contribution in [3.05, 3.63) is 93.2 Å². The Hall–Kier alpha value is -3.25. The zero-order valence-corrected chi connectivity index (χ0v) is 17.4. The Bertz CT molecular complexity index is 1100. The average Bonchev–Trinajstić information content (AvgIpc) is 3.43. The number of benzene rings is 2. The van der Waals surface area contributed by atoms with Crippen LogP contribution in [0.2, 0.25) is 0 Å². The van der Waals surface area contributed by atoms with Crippen LogP contribution >= 0.6 is 11.3 Å². The van der Waals surface area contributed by atoms with Gasteiger partial charge in [-0.05, 0) is 33.7 Å². The third-order valence-corrected chi connectivity index (χ3v) is 7.66.